The van der Waals surface area contributed by atoms with Gasteiger partial charge in [0.1, 0.15) is 0 Å². The van der Waals surface area contributed by atoms with Crippen LogP contribution in [0.15, 0.2) is 11.6 Å². The van der Waals surface area contributed by atoms with Gasteiger partial charge in [0.15, 0.2) is 0 Å². The molecule has 7 heteroatoms. The Labute approximate surface area is 127 Å². The standard InChI is InChI=1S/C14H27O6P/c1-11(10-12(15)16)8-9-18-21(17,19-13(2,3)4)20-14(5,6)7/h10H,8-9H2,1-7H3,(H,15,16)/b11-10+. The zero-order chi connectivity index (χ0) is 16.9. The quantitative estimate of drug-likeness (QED) is 0.560. The second-order valence-corrected chi connectivity index (χ2v) is 8.28. The third-order valence-electron chi connectivity index (χ3n) is 1.89. The van der Waals surface area contributed by atoms with Gasteiger partial charge in [0.05, 0.1) is 17.8 Å². The molecular formula is C14H27O6P. The van der Waals surface area contributed by atoms with E-state index in [4.69, 9.17) is 18.7 Å². The zero-order valence-corrected chi connectivity index (χ0v) is 14.8. The Morgan fingerprint density at radius 2 is 1.52 bits per heavy atom. The molecule has 0 atom stereocenters. The molecule has 0 aromatic carbocycles. The lowest BCUT2D eigenvalue weighted by Crippen LogP contribution is -2.24. The third-order valence-corrected chi connectivity index (χ3v) is 3.93. The van der Waals surface area contributed by atoms with E-state index in [0.717, 1.165) is 6.08 Å². The lowest BCUT2D eigenvalue weighted by atomic mass is 10.2. The normalized spacial score (nSPS) is 14.3. The first kappa shape index (κ1) is 20.3. The summed E-state index contributed by atoms with van der Waals surface area (Å²) >= 11 is 0. The molecule has 0 aliphatic carbocycles. The highest BCUT2D eigenvalue weighted by atomic mass is 31.2. The van der Waals surface area contributed by atoms with E-state index in [1.54, 1.807) is 48.5 Å². The fourth-order valence-electron chi connectivity index (χ4n) is 1.34. The number of carboxylic acids is 1. The zero-order valence-electron chi connectivity index (χ0n) is 13.9. The molecule has 0 amide bonds. The van der Waals surface area contributed by atoms with Crippen LogP contribution in [0.4, 0.5) is 0 Å². The molecule has 1 N–H and O–H groups in total. The Kier molecular flexibility index (Phi) is 7.30. The summed E-state index contributed by atoms with van der Waals surface area (Å²) in [6.07, 6.45) is 1.42. The van der Waals surface area contributed by atoms with Crippen LogP contribution < -0.4 is 0 Å². The second kappa shape index (κ2) is 7.54. The number of rotatable bonds is 7. The van der Waals surface area contributed by atoms with Gasteiger partial charge in [-0.05, 0) is 54.9 Å². The molecule has 0 unspecified atom stereocenters. The van der Waals surface area contributed by atoms with Gasteiger partial charge in [0, 0.05) is 6.08 Å². The monoisotopic (exact) mass is 322 g/mol. The SMILES string of the molecule is C/C(=C\C(=O)O)CCOP(=O)(OC(C)(C)C)OC(C)(C)C. The molecule has 0 fully saturated rings. The highest BCUT2D eigenvalue weighted by Gasteiger charge is 2.36. The first-order chi connectivity index (χ1) is 9.22. The smallest absolute Gasteiger partial charge is 0.475 e. The van der Waals surface area contributed by atoms with Gasteiger partial charge >= 0.3 is 13.8 Å². The fourth-order valence-corrected chi connectivity index (χ4v) is 3.14. The summed E-state index contributed by atoms with van der Waals surface area (Å²) in [4.78, 5) is 10.5. The van der Waals surface area contributed by atoms with Crippen LogP contribution in [0.25, 0.3) is 0 Å². The lowest BCUT2D eigenvalue weighted by Gasteiger charge is -2.30. The van der Waals surface area contributed by atoms with Gasteiger partial charge in [-0.15, -0.1) is 0 Å². The average Bonchev–Trinajstić information content (AvgIpc) is 2.08. The number of aliphatic carboxylic acids is 1. The molecule has 0 spiro atoms. The van der Waals surface area contributed by atoms with Gasteiger partial charge in [0.2, 0.25) is 0 Å². The van der Waals surface area contributed by atoms with Gasteiger partial charge in [-0.3, -0.25) is 13.6 Å². The van der Waals surface area contributed by atoms with Crippen LogP contribution >= 0.6 is 7.82 Å². The van der Waals surface area contributed by atoms with E-state index >= 15 is 0 Å². The van der Waals surface area contributed by atoms with Crippen molar-refractivity contribution in [2.75, 3.05) is 6.61 Å². The average molecular weight is 322 g/mol. The predicted octanol–water partition coefficient (Wildman–Crippen LogP) is 4.16. The number of carbonyl (C=O) groups is 1. The molecule has 6 nitrogen and oxygen atoms in total. The Balaban J connectivity index is 4.78. The molecule has 0 saturated carbocycles. The van der Waals surface area contributed by atoms with Crippen LogP contribution in [0.5, 0.6) is 0 Å². The summed E-state index contributed by atoms with van der Waals surface area (Å²) in [6.45, 7) is 12.2. The first-order valence-corrected chi connectivity index (χ1v) is 8.25. The van der Waals surface area contributed by atoms with E-state index in [1.165, 1.54) is 0 Å². The van der Waals surface area contributed by atoms with Crippen LogP contribution in [0.1, 0.15) is 54.9 Å². The fraction of sp³-hybridized carbons (Fsp3) is 0.786. The maximum atomic E-state index is 12.6. The molecule has 0 saturated heterocycles. The van der Waals surface area contributed by atoms with Gasteiger partial charge in [-0.2, -0.15) is 0 Å². The van der Waals surface area contributed by atoms with Crippen molar-refractivity contribution >= 4 is 13.8 Å². The Bertz CT molecular complexity index is 408. The number of carboxylic acid groups (broad SMARTS) is 1. The van der Waals surface area contributed by atoms with Crippen molar-refractivity contribution in [2.45, 2.75) is 66.1 Å². The van der Waals surface area contributed by atoms with Crippen molar-refractivity contribution < 1.29 is 28.0 Å². The lowest BCUT2D eigenvalue weighted by molar-refractivity contribution is -0.131. The van der Waals surface area contributed by atoms with Crippen molar-refractivity contribution in [3.05, 3.63) is 11.6 Å². The topological polar surface area (TPSA) is 82.1 Å². The summed E-state index contributed by atoms with van der Waals surface area (Å²) in [5, 5.41) is 8.63. The third kappa shape index (κ3) is 11.6. The van der Waals surface area contributed by atoms with Crippen LogP contribution in [0.2, 0.25) is 0 Å². The molecule has 0 aromatic rings. The molecular weight excluding hydrogens is 295 g/mol. The maximum Gasteiger partial charge on any atom is 0.475 e. The minimum absolute atomic E-state index is 0.0546. The van der Waals surface area contributed by atoms with Gasteiger partial charge in [-0.1, -0.05) is 5.57 Å². The van der Waals surface area contributed by atoms with E-state index in [1.807, 2.05) is 0 Å². The van der Waals surface area contributed by atoms with Crippen molar-refractivity contribution in [3.63, 3.8) is 0 Å². The first-order valence-electron chi connectivity index (χ1n) is 6.79. The van der Waals surface area contributed by atoms with Crippen LogP contribution in [0.3, 0.4) is 0 Å². The molecule has 0 aliphatic heterocycles. The molecule has 0 aliphatic rings. The number of hydrogen-bond donors (Lipinski definition) is 1. The minimum Gasteiger partial charge on any atom is -0.478 e. The minimum atomic E-state index is -3.73. The van der Waals surface area contributed by atoms with Crippen LogP contribution in [-0.4, -0.2) is 28.9 Å². The van der Waals surface area contributed by atoms with Gasteiger partial charge in [-0.25, -0.2) is 9.36 Å². The van der Waals surface area contributed by atoms with E-state index < -0.39 is 25.0 Å². The summed E-state index contributed by atoms with van der Waals surface area (Å²) in [6, 6.07) is 0. The molecule has 0 bridgehead atoms. The summed E-state index contributed by atoms with van der Waals surface area (Å²) < 4.78 is 28.8. The van der Waals surface area contributed by atoms with Gasteiger partial charge < -0.3 is 5.11 Å². The molecule has 21 heavy (non-hydrogen) atoms. The summed E-state index contributed by atoms with van der Waals surface area (Å²) in [7, 11) is -3.73. The Morgan fingerprint density at radius 3 is 1.86 bits per heavy atom. The number of hydrogen-bond acceptors (Lipinski definition) is 5. The number of phosphoric ester groups is 1. The second-order valence-electron chi connectivity index (χ2n) is 6.77. The molecule has 0 heterocycles. The van der Waals surface area contributed by atoms with E-state index in [2.05, 4.69) is 0 Å². The largest absolute Gasteiger partial charge is 0.478 e. The highest BCUT2D eigenvalue weighted by Crippen LogP contribution is 2.55. The maximum absolute atomic E-state index is 12.6. The van der Waals surface area contributed by atoms with Crippen LogP contribution in [0, 0.1) is 0 Å². The summed E-state index contributed by atoms with van der Waals surface area (Å²) in [5.41, 5.74) is -0.764. The highest BCUT2D eigenvalue weighted by molar-refractivity contribution is 7.48. The van der Waals surface area contributed by atoms with E-state index in [9.17, 15) is 9.36 Å². The molecule has 0 rings (SSSR count). The van der Waals surface area contributed by atoms with Crippen molar-refractivity contribution in [3.8, 4) is 0 Å². The van der Waals surface area contributed by atoms with Crippen molar-refractivity contribution in [2.24, 2.45) is 0 Å². The van der Waals surface area contributed by atoms with E-state index in [0.29, 0.717) is 12.0 Å². The van der Waals surface area contributed by atoms with Crippen molar-refractivity contribution in [1.29, 1.82) is 0 Å². The Hall–Kier alpha value is -0.680. The van der Waals surface area contributed by atoms with Crippen molar-refractivity contribution in [1.82, 2.24) is 0 Å². The van der Waals surface area contributed by atoms with E-state index in [-0.39, 0.29) is 6.61 Å². The molecule has 124 valence electrons. The van der Waals surface area contributed by atoms with Gasteiger partial charge in [0.25, 0.3) is 0 Å². The Morgan fingerprint density at radius 1 is 1.10 bits per heavy atom. The molecule has 0 aromatic heterocycles. The predicted molar refractivity (Wildman–Crippen MR) is 81.2 cm³/mol. The summed E-state index contributed by atoms with van der Waals surface area (Å²) in [5.74, 6) is -1.02. The number of phosphoric acid groups is 1. The molecule has 0 radical (unpaired) electrons. The van der Waals surface area contributed by atoms with Crippen LogP contribution in [-0.2, 0) is 22.9 Å².